The zero-order valence-electron chi connectivity index (χ0n) is 4.29. The van der Waals surface area contributed by atoms with Crippen molar-refractivity contribution in [1.29, 1.82) is 0 Å². The van der Waals surface area contributed by atoms with Crippen molar-refractivity contribution in [1.82, 2.24) is 0 Å². The third-order valence-electron chi connectivity index (χ3n) is 0.465. The molecule has 0 N–H and O–H groups in total. The summed E-state index contributed by atoms with van der Waals surface area (Å²) in [7, 11) is -3.00. The average Bonchev–Trinajstić information content (AvgIpc) is 1.65. The number of carbonyl (C=O) groups is 1. The Morgan fingerprint density at radius 1 is 1.40 bits per heavy atom. The summed E-state index contributed by atoms with van der Waals surface area (Å²) >= 11 is 0. The topological polar surface area (TPSA) is 60.4 Å². The average molecular weight is 186 g/mol. The number of thiol groups is 1. The summed E-state index contributed by atoms with van der Waals surface area (Å²) < 4.78 is 22.8. The fraction of sp³-hybridized carbons (Fsp3) is 0.667. The molecule has 0 aromatic heterocycles. The second-order valence-corrected chi connectivity index (χ2v) is 1.67. The Balaban J connectivity index is -0.000000245. The number of rotatable bonds is 2. The first-order chi connectivity index (χ1) is 3.66. The van der Waals surface area contributed by atoms with Gasteiger partial charge in [0, 0.05) is 6.42 Å². The summed E-state index contributed by atoms with van der Waals surface area (Å²) in [5.41, 5.74) is 0. The van der Waals surface area contributed by atoms with Crippen molar-refractivity contribution in [2.45, 2.75) is 13.3 Å². The third kappa shape index (κ3) is 12.1. The molecule has 0 rings (SSSR count). The van der Waals surface area contributed by atoms with Gasteiger partial charge in [0.05, 0.1) is 0 Å². The van der Waals surface area contributed by atoms with E-state index in [0.717, 1.165) is 0 Å². The Kier molecular flexibility index (Phi) is 18.2. The van der Waals surface area contributed by atoms with Crippen LogP contribution in [0.4, 0.5) is 0 Å². The first-order valence-corrected chi connectivity index (χ1v) is 3.11. The number of hydrogen-bond acceptors (Lipinski definition) is 4. The summed E-state index contributed by atoms with van der Waals surface area (Å²) in [5, 5.41) is 0. The van der Waals surface area contributed by atoms with E-state index >= 15 is 0 Å². The van der Waals surface area contributed by atoms with Gasteiger partial charge in [-0.15, -0.1) is 0 Å². The Hall–Kier alpha value is 1.42. The van der Waals surface area contributed by atoms with Gasteiger partial charge in [0.2, 0.25) is 0 Å². The SMILES string of the molecule is CCC(=O)O[SH](=O)=O.[NaH].[NaH]. The van der Waals surface area contributed by atoms with Gasteiger partial charge in [-0.2, -0.15) is 8.42 Å². The minimum absolute atomic E-state index is 0. The van der Waals surface area contributed by atoms with E-state index in [4.69, 9.17) is 0 Å². The molecular formula is C3H8Na2O4S. The van der Waals surface area contributed by atoms with Gasteiger partial charge in [0.25, 0.3) is 0 Å². The predicted octanol–water partition coefficient (Wildman–Crippen LogP) is -1.83. The van der Waals surface area contributed by atoms with Crippen LogP contribution in [0.5, 0.6) is 0 Å². The molecule has 0 bridgehead atoms. The van der Waals surface area contributed by atoms with Crippen LogP contribution in [0.25, 0.3) is 0 Å². The van der Waals surface area contributed by atoms with E-state index in [1.165, 1.54) is 6.92 Å². The Labute approximate surface area is 105 Å². The van der Waals surface area contributed by atoms with Gasteiger partial charge in [-0.1, -0.05) is 6.92 Å². The van der Waals surface area contributed by atoms with Crippen LogP contribution < -0.4 is 0 Å². The van der Waals surface area contributed by atoms with E-state index in [-0.39, 0.29) is 65.5 Å². The molecule has 0 heterocycles. The fourth-order valence-corrected chi connectivity index (χ4v) is 0.443. The molecule has 0 aliphatic heterocycles. The van der Waals surface area contributed by atoms with E-state index in [9.17, 15) is 13.2 Å². The van der Waals surface area contributed by atoms with Crippen molar-refractivity contribution in [3.05, 3.63) is 0 Å². The van der Waals surface area contributed by atoms with Gasteiger partial charge in [0.15, 0.2) is 0 Å². The molecule has 0 aliphatic carbocycles. The second-order valence-electron chi connectivity index (χ2n) is 1.04. The van der Waals surface area contributed by atoms with Crippen LogP contribution in [0.15, 0.2) is 0 Å². The van der Waals surface area contributed by atoms with Crippen molar-refractivity contribution < 1.29 is 17.4 Å². The van der Waals surface area contributed by atoms with Crippen LogP contribution >= 0.6 is 0 Å². The molecule has 0 saturated heterocycles. The van der Waals surface area contributed by atoms with Gasteiger partial charge in [-0.3, -0.25) is 4.79 Å². The molecule has 0 aromatic rings. The molecule has 0 fully saturated rings. The molecule has 0 aromatic carbocycles. The summed E-state index contributed by atoms with van der Waals surface area (Å²) in [6.45, 7) is 1.52. The molecule has 0 atom stereocenters. The van der Waals surface area contributed by atoms with E-state index in [0.29, 0.717) is 0 Å². The summed E-state index contributed by atoms with van der Waals surface area (Å²) in [4.78, 5) is 10.0. The van der Waals surface area contributed by atoms with Crippen molar-refractivity contribution in [2.75, 3.05) is 0 Å². The third-order valence-corrected chi connectivity index (χ3v) is 0.818. The molecule has 0 saturated carbocycles. The van der Waals surface area contributed by atoms with Crippen molar-refractivity contribution in [3.8, 4) is 0 Å². The monoisotopic (exact) mass is 186 g/mol. The van der Waals surface area contributed by atoms with Crippen LogP contribution in [0.3, 0.4) is 0 Å². The molecule has 0 spiro atoms. The summed E-state index contributed by atoms with van der Waals surface area (Å²) in [6, 6.07) is 0. The summed E-state index contributed by atoms with van der Waals surface area (Å²) in [5.74, 6) is -0.721. The zero-order chi connectivity index (χ0) is 6.57. The second kappa shape index (κ2) is 10.4. The molecule has 0 radical (unpaired) electrons. The van der Waals surface area contributed by atoms with E-state index in [1.54, 1.807) is 0 Å². The molecule has 0 amide bonds. The van der Waals surface area contributed by atoms with E-state index < -0.39 is 17.0 Å². The maximum absolute atomic E-state index is 10.0. The molecule has 0 unspecified atom stereocenters. The predicted molar refractivity (Wildman–Crippen MR) is 41.0 cm³/mol. The van der Waals surface area contributed by atoms with Crippen LogP contribution in [-0.4, -0.2) is 73.5 Å². The fourth-order valence-electron chi connectivity index (χ4n) is 0.148. The van der Waals surface area contributed by atoms with E-state index in [1.807, 2.05) is 0 Å². The van der Waals surface area contributed by atoms with Crippen molar-refractivity contribution >= 4 is 76.1 Å². The molecule has 52 valence electrons. The molecule has 10 heavy (non-hydrogen) atoms. The maximum atomic E-state index is 10.0. The standard InChI is InChI=1S/C3H6O4S.2Na.2H/c1-2-3(4)7-8(5)6;;;;/h8H,2H2,1H3;;;;. The van der Waals surface area contributed by atoms with Crippen LogP contribution in [0, 0.1) is 0 Å². The minimum atomic E-state index is -3.00. The van der Waals surface area contributed by atoms with E-state index in [2.05, 4.69) is 4.18 Å². The van der Waals surface area contributed by atoms with Crippen LogP contribution in [0.2, 0.25) is 0 Å². The van der Waals surface area contributed by atoms with Gasteiger partial charge in [0.1, 0.15) is 0 Å². The van der Waals surface area contributed by atoms with Gasteiger partial charge < -0.3 is 4.18 Å². The van der Waals surface area contributed by atoms with Gasteiger partial charge >= 0.3 is 76.1 Å². The summed E-state index contributed by atoms with van der Waals surface area (Å²) in [6.07, 6.45) is 0.0866. The first kappa shape index (κ1) is 17.5. The van der Waals surface area contributed by atoms with Gasteiger partial charge in [-0.25, -0.2) is 0 Å². The van der Waals surface area contributed by atoms with Crippen molar-refractivity contribution in [3.63, 3.8) is 0 Å². The van der Waals surface area contributed by atoms with Gasteiger partial charge in [-0.05, 0) is 0 Å². The molecule has 0 aliphatic rings. The first-order valence-electron chi connectivity index (χ1n) is 2.02. The Bertz CT molecular complexity index is 147. The molecular weight excluding hydrogens is 178 g/mol. The van der Waals surface area contributed by atoms with Crippen molar-refractivity contribution in [2.24, 2.45) is 0 Å². The molecule has 4 nitrogen and oxygen atoms in total. The number of hydrogen-bond donors (Lipinski definition) is 1. The Morgan fingerprint density at radius 3 is 1.90 bits per heavy atom. The number of carbonyl (C=O) groups excluding carboxylic acids is 1. The quantitative estimate of drug-likeness (QED) is 0.407. The molecule has 7 heteroatoms. The zero-order valence-corrected chi connectivity index (χ0v) is 5.18. The van der Waals surface area contributed by atoms with Crippen LogP contribution in [0.1, 0.15) is 13.3 Å². The Morgan fingerprint density at radius 2 is 1.80 bits per heavy atom. The van der Waals surface area contributed by atoms with Crippen LogP contribution in [-0.2, 0) is 20.0 Å². The normalized spacial score (nSPS) is 7.40.